The van der Waals surface area contributed by atoms with Gasteiger partial charge in [0.25, 0.3) is 0 Å². The Morgan fingerprint density at radius 1 is 1.29 bits per heavy atom. The van der Waals surface area contributed by atoms with Gasteiger partial charge in [0.05, 0.1) is 0 Å². The summed E-state index contributed by atoms with van der Waals surface area (Å²) in [5.74, 6) is 0.798. The summed E-state index contributed by atoms with van der Waals surface area (Å²) in [6.45, 7) is 4.30. The first-order valence-electron chi connectivity index (χ1n) is 7.65. The van der Waals surface area contributed by atoms with Crippen LogP contribution in [0.1, 0.15) is 17.8 Å². The minimum Gasteiger partial charge on any atom is -0.343 e. The maximum absolute atomic E-state index is 4.79. The monoisotopic (exact) mass is 286 g/mol. The molecule has 3 rings (SSSR count). The highest BCUT2D eigenvalue weighted by Crippen LogP contribution is 2.08. The molecule has 5 nitrogen and oxygen atoms in total. The van der Waals surface area contributed by atoms with E-state index < -0.39 is 0 Å². The smallest absolute Gasteiger partial charge is 0.213 e. The van der Waals surface area contributed by atoms with Gasteiger partial charge < -0.3 is 14.7 Å². The van der Waals surface area contributed by atoms with Crippen molar-refractivity contribution in [3.63, 3.8) is 0 Å². The number of hydrogen-bond acceptors (Lipinski definition) is 5. The molecule has 5 heteroatoms. The summed E-state index contributed by atoms with van der Waals surface area (Å²) in [6.07, 6.45) is 4.53. The van der Waals surface area contributed by atoms with Gasteiger partial charge in [0.2, 0.25) is 6.39 Å². The lowest BCUT2D eigenvalue weighted by Crippen LogP contribution is -2.40. The minimum absolute atomic E-state index is 0.514. The molecule has 0 saturated carbocycles. The number of nitrogens with zero attached hydrogens (tertiary/aromatic N) is 3. The Kier molecular flexibility index (Phi) is 4.97. The van der Waals surface area contributed by atoms with Crippen LogP contribution < -0.4 is 5.32 Å². The van der Waals surface area contributed by atoms with E-state index in [-0.39, 0.29) is 0 Å². The molecular weight excluding hydrogens is 264 g/mol. The van der Waals surface area contributed by atoms with Gasteiger partial charge >= 0.3 is 0 Å². The molecule has 1 aliphatic rings. The molecule has 1 atom stereocenters. The van der Waals surface area contributed by atoms with E-state index in [2.05, 4.69) is 50.7 Å². The van der Waals surface area contributed by atoms with Crippen molar-refractivity contribution in [1.82, 2.24) is 20.4 Å². The number of hydrogen-bond donors (Lipinski definition) is 1. The second-order valence-corrected chi connectivity index (χ2v) is 5.59. The average Bonchev–Trinajstić information content (AvgIpc) is 2.93. The Morgan fingerprint density at radius 3 is 3.00 bits per heavy atom. The first-order chi connectivity index (χ1) is 10.4. The van der Waals surface area contributed by atoms with Gasteiger partial charge in [-0.3, -0.25) is 0 Å². The first kappa shape index (κ1) is 14.2. The maximum Gasteiger partial charge on any atom is 0.213 e. The molecule has 1 N–H and O–H groups in total. The Balaban J connectivity index is 1.53. The standard InChI is InChI=1S/C16H22N4O/c1-2-5-14(6-3-1)11-15-12-20(9-4-8-17-15)10-7-16-18-13-21-19-16/h1-3,5-6,13,15,17H,4,7-12H2. The summed E-state index contributed by atoms with van der Waals surface area (Å²) in [4.78, 5) is 6.59. The second kappa shape index (κ2) is 7.33. The summed E-state index contributed by atoms with van der Waals surface area (Å²) in [6, 6.07) is 11.2. The zero-order valence-electron chi connectivity index (χ0n) is 12.2. The maximum atomic E-state index is 4.79. The van der Waals surface area contributed by atoms with Crippen LogP contribution in [0.3, 0.4) is 0 Å². The topological polar surface area (TPSA) is 54.2 Å². The van der Waals surface area contributed by atoms with Gasteiger partial charge in [-0.2, -0.15) is 4.98 Å². The average molecular weight is 286 g/mol. The lowest BCUT2D eigenvalue weighted by atomic mass is 10.1. The zero-order chi connectivity index (χ0) is 14.3. The number of benzene rings is 1. The van der Waals surface area contributed by atoms with E-state index in [9.17, 15) is 0 Å². The molecule has 0 bridgehead atoms. The molecule has 0 amide bonds. The zero-order valence-corrected chi connectivity index (χ0v) is 12.2. The third-order valence-corrected chi connectivity index (χ3v) is 3.95. The van der Waals surface area contributed by atoms with Crippen LogP contribution in [0.2, 0.25) is 0 Å². The van der Waals surface area contributed by atoms with Crippen LogP contribution in [0, 0.1) is 0 Å². The number of nitrogens with one attached hydrogen (secondary N) is 1. The molecule has 1 fully saturated rings. The van der Waals surface area contributed by atoms with Crippen molar-refractivity contribution in [3.8, 4) is 0 Å². The van der Waals surface area contributed by atoms with Gasteiger partial charge in [-0.15, -0.1) is 0 Å². The fraction of sp³-hybridized carbons (Fsp3) is 0.500. The summed E-state index contributed by atoms with van der Waals surface area (Å²) < 4.78 is 4.79. The van der Waals surface area contributed by atoms with Crippen molar-refractivity contribution in [1.29, 1.82) is 0 Å². The van der Waals surface area contributed by atoms with Gasteiger partial charge in [0.1, 0.15) is 0 Å². The minimum atomic E-state index is 0.514. The van der Waals surface area contributed by atoms with Crippen LogP contribution >= 0.6 is 0 Å². The van der Waals surface area contributed by atoms with E-state index in [1.165, 1.54) is 18.4 Å². The molecule has 2 heterocycles. The van der Waals surface area contributed by atoms with Gasteiger partial charge in [0.15, 0.2) is 5.82 Å². The lowest BCUT2D eigenvalue weighted by Gasteiger charge is -2.24. The molecule has 1 aromatic heterocycles. The van der Waals surface area contributed by atoms with Gasteiger partial charge in [-0.05, 0) is 31.5 Å². The SMILES string of the molecule is c1ccc(CC2CN(CCc3ncon3)CCCN2)cc1. The van der Waals surface area contributed by atoms with Gasteiger partial charge in [-0.1, -0.05) is 35.5 Å². The van der Waals surface area contributed by atoms with Crippen LogP contribution in [0.4, 0.5) is 0 Å². The largest absolute Gasteiger partial charge is 0.343 e. The Labute approximate surface area is 125 Å². The van der Waals surface area contributed by atoms with E-state index in [1.54, 1.807) is 0 Å². The van der Waals surface area contributed by atoms with Crippen molar-refractivity contribution < 1.29 is 4.52 Å². The number of rotatable bonds is 5. The Bertz CT molecular complexity index is 514. The summed E-state index contributed by atoms with van der Waals surface area (Å²) in [5.41, 5.74) is 1.40. The van der Waals surface area contributed by atoms with Crippen molar-refractivity contribution >= 4 is 0 Å². The number of aromatic nitrogens is 2. The fourth-order valence-corrected chi connectivity index (χ4v) is 2.88. The molecule has 1 aliphatic heterocycles. The van der Waals surface area contributed by atoms with Crippen LogP contribution in [-0.2, 0) is 12.8 Å². The molecule has 0 aliphatic carbocycles. The van der Waals surface area contributed by atoms with Crippen molar-refractivity contribution in [2.24, 2.45) is 0 Å². The van der Waals surface area contributed by atoms with E-state index >= 15 is 0 Å². The molecule has 0 spiro atoms. The van der Waals surface area contributed by atoms with E-state index in [1.807, 2.05) is 0 Å². The predicted octanol–water partition coefficient (Wildman–Crippen LogP) is 1.52. The lowest BCUT2D eigenvalue weighted by molar-refractivity contribution is 0.267. The van der Waals surface area contributed by atoms with Gasteiger partial charge in [0, 0.05) is 25.6 Å². The Hall–Kier alpha value is -1.72. The van der Waals surface area contributed by atoms with Crippen LogP contribution in [0.5, 0.6) is 0 Å². The highest BCUT2D eigenvalue weighted by molar-refractivity contribution is 5.16. The van der Waals surface area contributed by atoms with E-state index in [0.717, 1.165) is 44.8 Å². The fourth-order valence-electron chi connectivity index (χ4n) is 2.88. The van der Waals surface area contributed by atoms with E-state index in [4.69, 9.17) is 4.52 Å². The third kappa shape index (κ3) is 4.37. The van der Waals surface area contributed by atoms with Crippen LogP contribution in [-0.4, -0.2) is 47.3 Å². The molecule has 112 valence electrons. The quantitative estimate of drug-likeness (QED) is 0.903. The third-order valence-electron chi connectivity index (χ3n) is 3.95. The van der Waals surface area contributed by atoms with E-state index in [0.29, 0.717) is 6.04 Å². The normalized spacial score (nSPS) is 20.3. The predicted molar refractivity (Wildman–Crippen MR) is 81.0 cm³/mol. The van der Waals surface area contributed by atoms with Crippen LogP contribution in [0.25, 0.3) is 0 Å². The Morgan fingerprint density at radius 2 is 2.19 bits per heavy atom. The molecule has 2 aromatic rings. The molecule has 1 aromatic carbocycles. The summed E-state index contributed by atoms with van der Waals surface area (Å²) in [5, 5.41) is 7.54. The molecule has 1 saturated heterocycles. The molecule has 0 radical (unpaired) electrons. The van der Waals surface area contributed by atoms with Crippen molar-refractivity contribution in [2.75, 3.05) is 26.2 Å². The van der Waals surface area contributed by atoms with Crippen molar-refractivity contribution in [3.05, 3.63) is 48.1 Å². The highest BCUT2D eigenvalue weighted by Gasteiger charge is 2.18. The molecule has 1 unspecified atom stereocenters. The second-order valence-electron chi connectivity index (χ2n) is 5.59. The van der Waals surface area contributed by atoms with Gasteiger partial charge in [-0.25, -0.2) is 0 Å². The molecule has 21 heavy (non-hydrogen) atoms. The highest BCUT2D eigenvalue weighted by atomic mass is 16.5. The van der Waals surface area contributed by atoms with Crippen molar-refractivity contribution in [2.45, 2.75) is 25.3 Å². The summed E-state index contributed by atoms with van der Waals surface area (Å²) in [7, 11) is 0. The molecular formula is C16H22N4O. The first-order valence-corrected chi connectivity index (χ1v) is 7.65. The summed E-state index contributed by atoms with van der Waals surface area (Å²) >= 11 is 0. The van der Waals surface area contributed by atoms with Crippen LogP contribution in [0.15, 0.2) is 41.2 Å².